The highest BCUT2D eigenvalue weighted by Crippen LogP contribution is 2.18. The second kappa shape index (κ2) is 4.42. The first-order valence-electron chi connectivity index (χ1n) is 5.37. The average molecular weight is 215 g/mol. The Morgan fingerprint density at radius 1 is 1.36 bits per heavy atom. The molecule has 2 fully saturated rings. The minimum Gasteiger partial charge on any atom is -0.359 e. The molecule has 1 saturated carbocycles. The first-order chi connectivity index (χ1) is 6.74. The molecule has 0 aromatic carbocycles. The van der Waals surface area contributed by atoms with Crippen LogP contribution < -0.4 is 15.6 Å². The Bertz CT molecular complexity index is 209. The molecule has 80 valence electrons. The van der Waals surface area contributed by atoms with Crippen LogP contribution in [0.25, 0.3) is 0 Å². The Labute approximate surface area is 90.6 Å². The molecule has 0 spiro atoms. The van der Waals surface area contributed by atoms with Gasteiger partial charge in [-0.1, -0.05) is 0 Å². The van der Waals surface area contributed by atoms with Gasteiger partial charge in [-0.2, -0.15) is 0 Å². The van der Waals surface area contributed by atoms with Gasteiger partial charge in [0.05, 0.1) is 33.2 Å². The van der Waals surface area contributed by atoms with Gasteiger partial charge in [0.15, 0.2) is 5.11 Å². The van der Waals surface area contributed by atoms with Crippen molar-refractivity contribution in [2.24, 2.45) is 0 Å². The van der Waals surface area contributed by atoms with E-state index < -0.39 is 0 Å². The molecule has 1 aliphatic heterocycles. The summed E-state index contributed by atoms with van der Waals surface area (Å²) in [5.74, 6) is 0. The first kappa shape index (κ1) is 10.1. The first-order valence-corrected chi connectivity index (χ1v) is 5.78. The van der Waals surface area contributed by atoms with Crippen LogP contribution in [0.3, 0.4) is 0 Å². The average Bonchev–Trinajstić information content (AvgIpc) is 2.93. The van der Waals surface area contributed by atoms with Crippen molar-refractivity contribution in [1.82, 2.24) is 15.8 Å². The van der Waals surface area contributed by atoms with Crippen molar-refractivity contribution in [2.45, 2.75) is 18.9 Å². The van der Waals surface area contributed by atoms with E-state index in [0.717, 1.165) is 18.2 Å². The lowest BCUT2D eigenvalue weighted by molar-refractivity contribution is -0.884. The predicted molar refractivity (Wildman–Crippen MR) is 60.1 cm³/mol. The van der Waals surface area contributed by atoms with E-state index in [2.05, 4.69) is 22.8 Å². The van der Waals surface area contributed by atoms with Crippen LogP contribution in [0.4, 0.5) is 0 Å². The van der Waals surface area contributed by atoms with E-state index in [-0.39, 0.29) is 0 Å². The molecular weight excluding hydrogens is 196 g/mol. The van der Waals surface area contributed by atoms with Crippen molar-refractivity contribution < 1.29 is 4.90 Å². The Hall–Kier alpha value is -0.390. The zero-order valence-electron chi connectivity index (χ0n) is 8.68. The Morgan fingerprint density at radius 3 is 2.57 bits per heavy atom. The summed E-state index contributed by atoms with van der Waals surface area (Å²) >= 11 is 5.21. The minimum absolute atomic E-state index is 0.646. The zero-order valence-corrected chi connectivity index (χ0v) is 9.49. The summed E-state index contributed by atoms with van der Waals surface area (Å²) in [4.78, 5) is 1.60. The Kier molecular flexibility index (Phi) is 3.20. The normalized spacial score (nSPS) is 24.6. The van der Waals surface area contributed by atoms with Crippen molar-refractivity contribution in [2.75, 3.05) is 33.2 Å². The largest absolute Gasteiger partial charge is 0.359 e. The quantitative estimate of drug-likeness (QED) is 0.482. The number of thiocarbonyl (C=S) groups is 1. The number of piperazine rings is 1. The molecule has 0 amide bonds. The Balaban J connectivity index is 1.66. The molecule has 14 heavy (non-hydrogen) atoms. The maximum absolute atomic E-state index is 5.21. The molecule has 3 N–H and O–H groups in total. The topological polar surface area (TPSA) is 31.7 Å². The molecule has 1 heterocycles. The maximum Gasteiger partial charge on any atom is 0.181 e. The third kappa shape index (κ3) is 3.08. The van der Waals surface area contributed by atoms with Gasteiger partial charge in [-0.15, -0.1) is 0 Å². The van der Waals surface area contributed by atoms with Gasteiger partial charge in [0.2, 0.25) is 0 Å². The summed E-state index contributed by atoms with van der Waals surface area (Å²) in [7, 11) is 2.23. The standard InChI is InChI=1S/C9H18N4S/c1-12-4-6-13(7-5-12)11-9(14)10-8-2-3-8/h8H,2-7H2,1H3,(H2,10,11,14)/p+1. The van der Waals surface area contributed by atoms with Crippen LogP contribution in [0.1, 0.15) is 12.8 Å². The molecule has 1 saturated heterocycles. The molecule has 2 aliphatic rings. The highest BCUT2D eigenvalue weighted by molar-refractivity contribution is 7.80. The Morgan fingerprint density at radius 2 is 2.00 bits per heavy atom. The summed E-state index contributed by atoms with van der Waals surface area (Å²) in [6.45, 7) is 4.55. The van der Waals surface area contributed by atoms with Gasteiger partial charge in [-0.3, -0.25) is 5.43 Å². The van der Waals surface area contributed by atoms with Crippen LogP contribution in [0.5, 0.6) is 0 Å². The summed E-state index contributed by atoms with van der Waals surface area (Å²) < 4.78 is 0. The predicted octanol–water partition coefficient (Wildman–Crippen LogP) is -1.64. The SMILES string of the molecule is C[NH+]1CCN(NC(=S)NC2CC2)CC1. The van der Waals surface area contributed by atoms with E-state index >= 15 is 0 Å². The molecule has 1 aliphatic carbocycles. The van der Waals surface area contributed by atoms with Crippen LogP contribution >= 0.6 is 12.2 Å². The lowest BCUT2D eigenvalue weighted by Crippen LogP contribution is -3.12. The van der Waals surface area contributed by atoms with E-state index in [9.17, 15) is 0 Å². The van der Waals surface area contributed by atoms with Crippen LogP contribution in [-0.2, 0) is 0 Å². The van der Waals surface area contributed by atoms with Crippen molar-refractivity contribution in [1.29, 1.82) is 0 Å². The fourth-order valence-corrected chi connectivity index (χ4v) is 1.88. The number of hydrogen-bond acceptors (Lipinski definition) is 2. The molecule has 2 rings (SSSR count). The molecule has 4 nitrogen and oxygen atoms in total. The van der Waals surface area contributed by atoms with E-state index in [1.54, 1.807) is 4.90 Å². The fourth-order valence-electron chi connectivity index (χ4n) is 1.59. The highest BCUT2D eigenvalue weighted by Gasteiger charge is 2.23. The van der Waals surface area contributed by atoms with Crippen LogP contribution in [0.15, 0.2) is 0 Å². The highest BCUT2D eigenvalue weighted by atomic mass is 32.1. The number of nitrogens with zero attached hydrogens (tertiary/aromatic N) is 1. The van der Waals surface area contributed by atoms with Gasteiger partial charge < -0.3 is 10.2 Å². The number of rotatable bonds is 2. The third-order valence-corrected chi connectivity index (χ3v) is 3.00. The fraction of sp³-hybridized carbons (Fsp3) is 0.889. The number of likely N-dealkylation sites (N-methyl/N-ethyl adjacent to an activating group) is 1. The van der Waals surface area contributed by atoms with Gasteiger partial charge in [0.1, 0.15) is 0 Å². The van der Waals surface area contributed by atoms with Gasteiger partial charge in [0.25, 0.3) is 0 Å². The molecule has 0 aromatic heterocycles. The minimum atomic E-state index is 0.646. The summed E-state index contributed by atoms with van der Waals surface area (Å²) in [6, 6.07) is 0.646. The van der Waals surface area contributed by atoms with Gasteiger partial charge in [-0.05, 0) is 25.1 Å². The second-order valence-corrected chi connectivity index (χ2v) is 4.71. The number of quaternary nitrogens is 1. The molecular formula is C9H19N4S+. The second-order valence-electron chi connectivity index (χ2n) is 4.30. The smallest absolute Gasteiger partial charge is 0.181 e. The van der Waals surface area contributed by atoms with Crippen LogP contribution in [0, 0.1) is 0 Å². The van der Waals surface area contributed by atoms with E-state index in [1.165, 1.54) is 25.9 Å². The molecule has 0 aromatic rings. The van der Waals surface area contributed by atoms with Crippen molar-refractivity contribution in [3.8, 4) is 0 Å². The maximum atomic E-state index is 5.21. The van der Waals surface area contributed by atoms with Crippen LogP contribution in [0.2, 0.25) is 0 Å². The third-order valence-electron chi connectivity index (χ3n) is 2.79. The molecule has 0 bridgehead atoms. The van der Waals surface area contributed by atoms with E-state index in [0.29, 0.717) is 6.04 Å². The summed E-state index contributed by atoms with van der Waals surface area (Å²) in [6.07, 6.45) is 2.55. The van der Waals surface area contributed by atoms with Gasteiger partial charge in [0, 0.05) is 6.04 Å². The van der Waals surface area contributed by atoms with Gasteiger partial charge in [-0.25, -0.2) is 5.01 Å². The molecule has 0 unspecified atom stereocenters. The molecule has 0 radical (unpaired) electrons. The lowest BCUT2D eigenvalue weighted by Gasteiger charge is -2.30. The molecule has 5 heteroatoms. The number of nitrogens with one attached hydrogen (secondary N) is 3. The van der Waals surface area contributed by atoms with Crippen LogP contribution in [-0.4, -0.2) is 49.4 Å². The summed E-state index contributed by atoms with van der Waals surface area (Å²) in [5.41, 5.74) is 3.25. The molecule has 0 atom stereocenters. The summed E-state index contributed by atoms with van der Waals surface area (Å²) in [5, 5.41) is 6.30. The van der Waals surface area contributed by atoms with E-state index in [4.69, 9.17) is 12.2 Å². The van der Waals surface area contributed by atoms with Crippen molar-refractivity contribution in [3.05, 3.63) is 0 Å². The number of hydrogen-bond donors (Lipinski definition) is 3. The van der Waals surface area contributed by atoms with Crippen molar-refractivity contribution in [3.63, 3.8) is 0 Å². The van der Waals surface area contributed by atoms with Crippen molar-refractivity contribution >= 4 is 17.3 Å². The lowest BCUT2D eigenvalue weighted by atomic mass is 10.4. The van der Waals surface area contributed by atoms with E-state index in [1.807, 2.05) is 0 Å². The number of hydrazine groups is 1. The monoisotopic (exact) mass is 215 g/mol. The van der Waals surface area contributed by atoms with Gasteiger partial charge >= 0.3 is 0 Å². The zero-order chi connectivity index (χ0) is 9.97.